The number of imidazole rings is 1. The lowest BCUT2D eigenvalue weighted by molar-refractivity contribution is 0.423. The molecule has 0 saturated heterocycles. The van der Waals surface area contributed by atoms with Gasteiger partial charge in [0.15, 0.2) is 0 Å². The van der Waals surface area contributed by atoms with E-state index >= 15 is 0 Å². The van der Waals surface area contributed by atoms with E-state index in [0.717, 1.165) is 23.5 Å². The molecule has 0 bridgehead atoms. The van der Waals surface area contributed by atoms with Crippen molar-refractivity contribution in [3.8, 4) is 5.95 Å². The van der Waals surface area contributed by atoms with Crippen LogP contribution in [-0.2, 0) is 6.54 Å². The summed E-state index contributed by atoms with van der Waals surface area (Å²) in [5.41, 5.74) is 3.24. The number of hydrogen-bond donors (Lipinski definition) is 1. The maximum absolute atomic E-state index is 4.40. The fourth-order valence-corrected chi connectivity index (χ4v) is 1.63. The second kappa shape index (κ2) is 5.09. The van der Waals surface area contributed by atoms with Crippen LogP contribution < -0.4 is 5.32 Å². The summed E-state index contributed by atoms with van der Waals surface area (Å²) in [5.74, 6) is 0.664. The van der Waals surface area contributed by atoms with Crippen molar-refractivity contribution in [1.29, 1.82) is 0 Å². The second-order valence-electron chi connectivity index (χ2n) is 5.78. The van der Waals surface area contributed by atoms with Gasteiger partial charge in [0.25, 0.3) is 0 Å². The van der Waals surface area contributed by atoms with E-state index in [-0.39, 0.29) is 5.54 Å². The fourth-order valence-electron chi connectivity index (χ4n) is 1.63. The van der Waals surface area contributed by atoms with Gasteiger partial charge in [0, 0.05) is 35.7 Å². The molecule has 0 radical (unpaired) electrons. The van der Waals surface area contributed by atoms with E-state index in [1.807, 2.05) is 30.8 Å². The first kappa shape index (κ1) is 13.7. The molecule has 0 unspecified atom stereocenters. The van der Waals surface area contributed by atoms with Crippen LogP contribution in [-0.4, -0.2) is 25.1 Å². The minimum absolute atomic E-state index is 0.0940. The second-order valence-corrected chi connectivity index (χ2v) is 5.78. The van der Waals surface area contributed by atoms with E-state index in [1.54, 1.807) is 6.33 Å². The van der Waals surface area contributed by atoms with E-state index in [0.29, 0.717) is 5.95 Å². The number of aromatic nitrogens is 4. The highest BCUT2D eigenvalue weighted by Crippen LogP contribution is 2.10. The number of rotatable bonds is 3. The predicted molar refractivity (Wildman–Crippen MR) is 75.2 cm³/mol. The number of nitrogens with one attached hydrogen (secondary N) is 1. The molecule has 0 atom stereocenters. The first-order valence-corrected chi connectivity index (χ1v) is 6.44. The molecular formula is C14H21N5. The number of aryl methyl sites for hydroxylation is 1. The van der Waals surface area contributed by atoms with Crippen LogP contribution in [0.4, 0.5) is 0 Å². The molecule has 2 heterocycles. The van der Waals surface area contributed by atoms with Gasteiger partial charge in [-0.05, 0) is 34.6 Å². The lowest BCUT2D eigenvalue weighted by Crippen LogP contribution is -2.35. The Morgan fingerprint density at radius 1 is 1.11 bits per heavy atom. The van der Waals surface area contributed by atoms with Crippen LogP contribution >= 0.6 is 0 Å². The summed E-state index contributed by atoms with van der Waals surface area (Å²) in [7, 11) is 0. The predicted octanol–water partition coefficient (Wildman–Crippen LogP) is 2.17. The Hall–Kier alpha value is -1.75. The van der Waals surface area contributed by atoms with Crippen molar-refractivity contribution in [3.63, 3.8) is 0 Å². The topological polar surface area (TPSA) is 55.6 Å². The molecule has 2 aromatic rings. The highest BCUT2D eigenvalue weighted by molar-refractivity contribution is 5.22. The monoisotopic (exact) mass is 259 g/mol. The van der Waals surface area contributed by atoms with Crippen molar-refractivity contribution in [1.82, 2.24) is 24.8 Å². The Bertz CT molecular complexity index is 548. The van der Waals surface area contributed by atoms with Gasteiger partial charge in [-0.1, -0.05) is 0 Å². The maximum atomic E-state index is 4.40. The van der Waals surface area contributed by atoms with Gasteiger partial charge in [-0.3, -0.25) is 4.57 Å². The van der Waals surface area contributed by atoms with Gasteiger partial charge in [-0.2, -0.15) is 0 Å². The molecule has 2 rings (SSSR count). The summed E-state index contributed by atoms with van der Waals surface area (Å²) in [6.45, 7) is 11.2. The van der Waals surface area contributed by atoms with Crippen LogP contribution in [0.15, 0.2) is 18.7 Å². The summed E-state index contributed by atoms with van der Waals surface area (Å²) in [5, 5.41) is 3.41. The van der Waals surface area contributed by atoms with Gasteiger partial charge in [-0.25, -0.2) is 15.0 Å². The molecule has 1 N–H and O–H groups in total. The zero-order valence-corrected chi connectivity index (χ0v) is 12.2. The van der Waals surface area contributed by atoms with Crippen molar-refractivity contribution in [2.24, 2.45) is 0 Å². The third-order valence-corrected chi connectivity index (χ3v) is 2.98. The SMILES string of the molecule is Cc1ncn(-c2ncc(CNC(C)(C)C)cn2)c1C. The van der Waals surface area contributed by atoms with E-state index in [4.69, 9.17) is 0 Å². The molecule has 0 fully saturated rings. The molecule has 0 spiro atoms. The summed E-state index contributed by atoms with van der Waals surface area (Å²) in [6, 6.07) is 0. The van der Waals surface area contributed by atoms with Gasteiger partial charge in [0.2, 0.25) is 5.95 Å². The highest BCUT2D eigenvalue weighted by atomic mass is 15.2. The lowest BCUT2D eigenvalue weighted by atomic mass is 10.1. The van der Waals surface area contributed by atoms with Crippen molar-refractivity contribution in [3.05, 3.63) is 35.7 Å². The molecule has 5 heteroatoms. The van der Waals surface area contributed by atoms with Crippen LogP contribution in [0.2, 0.25) is 0 Å². The maximum Gasteiger partial charge on any atom is 0.235 e. The van der Waals surface area contributed by atoms with E-state index in [9.17, 15) is 0 Å². The molecular weight excluding hydrogens is 238 g/mol. The minimum Gasteiger partial charge on any atom is -0.308 e. The molecule has 102 valence electrons. The molecule has 0 aliphatic carbocycles. The van der Waals surface area contributed by atoms with Crippen LogP contribution in [0.5, 0.6) is 0 Å². The zero-order chi connectivity index (χ0) is 14.0. The quantitative estimate of drug-likeness (QED) is 0.917. The molecule has 0 aliphatic rings. The average molecular weight is 259 g/mol. The third-order valence-electron chi connectivity index (χ3n) is 2.98. The molecule has 0 aliphatic heterocycles. The molecule has 5 nitrogen and oxygen atoms in total. The largest absolute Gasteiger partial charge is 0.308 e. The molecule has 2 aromatic heterocycles. The van der Waals surface area contributed by atoms with Crippen molar-refractivity contribution in [2.75, 3.05) is 0 Å². The van der Waals surface area contributed by atoms with Crippen LogP contribution in [0.25, 0.3) is 5.95 Å². The van der Waals surface area contributed by atoms with Gasteiger partial charge >= 0.3 is 0 Å². The Morgan fingerprint density at radius 2 is 1.74 bits per heavy atom. The van der Waals surface area contributed by atoms with Crippen molar-refractivity contribution >= 4 is 0 Å². The van der Waals surface area contributed by atoms with Crippen LogP contribution in [0, 0.1) is 13.8 Å². The first-order valence-electron chi connectivity index (χ1n) is 6.44. The molecule has 0 aromatic carbocycles. The Balaban J connectivity index is 2.13. The van der Waals surface area contributed by atoms with E-state index in [1.165, 1.54) is 0 Å². The molecule has 0 amide bonds. The zero-order valence-electron chi connectivity index (χ0n) is 12.2. The average Bonchev–Trinajstić information content (AvgIpc) is 2.68. The lowest BCUT2D eigenvalue weighted by Gasteiger charge is -2.20. The van der Waals surface area contributed by atoms with Gasteiger partial charge < -0.3 is 5.32 Å². The summed E-state index contributed by atoms with van der Waals surface area (Å²) < 4.78 is 1.90. The number of nitrogens with zero attached hydrogens (tertiary/aromatic N) is 4. The smallest absolute Gasteiger partial charge is 0.235 e. The third kappa shape index (κ3) is 3.38. The summed E-state index contributed by atoms with van der Waals surface area (Å²) >= 11 is 0. The normalized spacial score (nSPS) is 11.8. The van der Waals surface area contributed by atoms with E-state index in [2.05, 4.69) is 41.0 Å². The minimum atomic E-state index is 0.0940. The first-order chi connectivity index (χ1) is 8.87. The van der Waals surface area contributed by atoms with Gasteiger partial charge in [0.1, 0.15) is 6.33 Å². The summed E-state index contributed by atoms with van der Waals surface area (Å²) in [4.78, 5) is 13.0. The fraction of sp³-hybridized carbons (Fsp3) is 0.500. The Kier molecular flexibility index (Phi) is 3.66. The van der Waals surface area contributed by atoms with Crippen LogP contribution in [0.1, 0.15) is 37.7 Å². The molecule has 0 saturated carbocycles. The van der Waals surface area contributed by atoms with Crippen molar-refractivity contribution < 1.29 is 0 Å². The highest BCUT2D eigenvalue weighted by Gasteiger charge is 2.10. The van der Waals surface area contributed by atoms with Crippen LogP contribution in [0.3, 0.4) is 0 Å². The van der Waals surface area contributed by atoms with Crippen molar-refractivity contribution in [2.45, 2.75) is 46.7 Å². The number of hydrogen-bond acceptors (Lipinski definition) is 4. The Morgan fingerprint density at radius 3 is 2.21 bits per heavy atom. The summed E-state index contributed by atoms with van der Waals surface area (Å²) in [6.07, 6.45) is 5.47. The van der Waals surface area contributed by atoms with E-state index < -0.39 is 0 Å². The standard InChI is InChI=1S/C14H21N5/c1-10-11(2)19(9-17-10)13-15-6-12(7-16-13)8-18-14(3,4)5/h6-7,9,18H,8H2,1-5H3. The molecule has 19 heavy (non-hydrogen) atoms. The van der Waals surface area contributed by atoms with Gasteiger partial charge in [-0.15, -0.1) is 0 Å². The van der Waals surface area contributed by atoms with Gasteiger partial charge in [0.05, 0.1) is 5.69 Å². The Labute approximate surface area is 114 Å².